The summed E-state index contributed by atoms with van der Waals surface area (Å²) in [6.07, 6.45) is 0.810. The molecule has 136 valence electrons. The van der Waals surface area contributed by atoms with Gasteiger partial charge >= 0.3 is 0 Å². The van der Waals surface area contributed by atoms with Crippen LogP contribution in [0.5, 0.6) is 11.5 Å². The molecule has 1 aliphatic rings. The second-order valence-corrected chi connectivity index (χ2v) is 6.41. The number of ether oxygens (including phenoxy) is 2. The molecule has 0 heterocycles. The number of carboxylic acids is 1. The van der Waals surface area contributed by atoms with Crippen molar-refractivity contribution in [1.29, 1.82) is 0 Å². The average Bonchev–Trinajstić information content (AvgIpc) is 2.60. The molecule has 0 saturated heterocycles. The van der Waals surface area contributed by atoms with Gasteiger partial charge in [0.25, 0.3) is 0 Å². The van der Waals surface area contributed by atoms with Gasteiger partial charge in [-0.1, -0.05) is 17.2 Å². The fourth-order valence-electron chi connectivity index (χ4n) is 3.13. The van der Waals surface area contributed by atoms with Crippen molar-refractivity contribution in [3.8, 4) is 11.5 Å². The highest BCUT2D eigenvalue weighted by atomic mass is 16.5. The lowest BCUT2D eigenvalue weighted by atomic mass is 9.76. The van der Waals surface area contributed by atoms with Crippen molar-refractivity contribution in [3.63, 3.8) is 0 Å². The number of carbonyl (C=O) groups excluding carboxylic acids is 2. The van der Waals surface area contributed by atoms with Crippen LogP contribution >= 0.6 is 0 Å². The number of rotatable bonds is 6. The number of hydrogen-bond acceptors (Lipinski definition) is 5. The van der Waals surface area contributed by atoms with E-state index in [9.17, 15) is 14.7 Å². The molecule has 0 unspecified atom stereocenters. The molecule has 1 amide bonds. The summed E-state index contributed by atoms with van der Waals surface area (Å²) < 4.78 is 10.4. The van der Waals surface area contributed by atoms with Gasteiger partial charge in [0, 0.05) is 24.3 Å². The highest BCUT2D eigenvalue weighted by molar-refractivity contribution is 5.85. The van der Waals surface area contributed by atoms with Crippen LogP contribution in [-0.2, 0) is 16.1 Å². The Hall–Kier alpha value is -2.50. The third-order valence-electron chi connectivity index (χ3n) is 4.82. The van der Waals surface area contributed by atoms with E-state index in [0.29, 0.717) is 24.3 Å². The minimum Gasteiger partial charge on any atom is -0.550 e. The van der Waals surface area contributed by atoms with Crippen molar-refractivity contribution in [1.82, 2.24) is 5.32 Å². The van der Waals surface area contributed by atoms with Crippen molar-refractivity contribution in [2.75, 3.05) is 14.2 Å². The third-order valence-corrected chi connectivity index (χ3v) is 4.82. The van der Waals surface area contributed by atoms with Crippen molar-refractivity contribution in [2.45, 2.75) is 33.2 Å². The summed E-state index contributed by atoms with van der Waals surface area (Å²) in [5.41, 5.74) is 2.94. The maximum atomic E-state index is 12.5. The van der Waals surface area contributed by atoms with Crippen LogP contribution in [0.25, 0.3) is 0 Å². The summed E-state index contributed by atoms with van der Waals surface area (Å²) >= 11 is 0. The number of benzene rings is 1. The Kier molecular flexibility index (Phi) is 6.07. The van der Waals surface area contributed by atoms with E-state index in [1.165, 1.54) is 0 Å². The number of allylic oxidation sites excluding steroid dienone is 2. The number of carbonyl (C=O) groups is 2. The van der Waals surface area contributed by atoms with Gasteiger partial charge in [-0.2, -0.15) is 0 Å². The number of amides is 1. The van der Waals surface area contributed by atoms with Gasteiger partial charge in [-0.05, 0) is 44.4 Å². The molecule has 0 aliphatic heterocycles. The predicted octanol–water partition coefficient (Wildman–Crippen LogP) is 1.43. The Balaban J connectivity index is 2.07. The molecule has 0 aromatic heterocycles. The van der Waals surface area contributed by atoms with Gasteiger partial charge in [0.15, 0.2) is 11.5 Å². The Morgan fingerprint density at radius 1 is 1.08 bits per heavy atom. The van der Waals surface area contributed by atoms with Gasteiger partial charge in [0.05, 0.1) is 14.2 Å². The Bertz CT molecular complexity index is 695. The van der Waals surface area contributed by atoms with Crippen LogP contribution in [0.15, 0.2) is 29.3 Å². The second kappa shape index (κ2) is 8.05. The summed E-state index contributed by atoms with van der Waals surface area (Å²) in [4.78, 5) is 23.9. The predicted molar refractivity (Wildman–Crippen MR) is 91.0 cm³/mol. The summed E-state index contributed by atoms with van der Waals surface area (Å²) in [6, 6.07) is 5.38. The zero-order valence-electron chi connectivity index (χ0n) is 15.0. The van der Waals surface area contributed by atoms with Gasteiger partial charge in [0.1, 0.15) is 0 Å². The van der Waals surface area contributed by atoms with Crippen molar-refractivity contribution in [3.05, 3.63) is 34.9 Å². The van der Waals surface area contributed by atoms with Crippen LogP contribution in [0.3, 0.4) is 0 Å². The maximum Gasteiger partial charge on any atom is 0.224 e. The molecule has 0 bridgehead atoms. The van der Waals surface area contributed by atoms with E-state index in [1.54, 1.807) is 26.4 Å². The summed E-state index contributed by atoms with van der Waals surface area (Å²) in [5, 5.41) is 14.2. The first-order valence-corrected chi connectivity index (χ1v) is 8.22. The van der Waals surface area contributed by atoms with Crippen molar-refractivity contribution in [2.24, 2.45) is 11.8 Å². The van der Waals surface area contributed by atoms with Crippen LogP contribution in [0.4, 0.5) is 0 Å². The molecule has 6 heteroatoms. The van der Waals surface area contributed by atoms with Gasteiger partial charge in [-0.15, -0.1) is 0 Å². The number of carboxylic acid groups (broad SMARTS) is 1. The van der Waals surface area contributed by atoms with Gasteiger partial charge in [-0.3, -0.25) is 4.79 Å². The fraction of sp³-hybridized carbons (Fsp3) is 0.474. The molecular formula is C19H24NO5-. The topological polar surface area (TPSA) is 87.7 Å². The molecule has 0 saturated carbocycles. The van der Waals surface area contributed by atoms with E-state index >= 15 is 0 Å². The van der Waals surface area contributed by atoms with Crippen LogP contribution < -0.4 is 19.9 Å². The van der Waals surface area contributed by atoms with Gasteiger partial charge in [0.2, 0.25) is 5.91 Å². The molecule has 1 aliphatic carbocycles. The normalized spacial score (nSPS) is 20.2. The van der Waals surface area contributed by atoms with Crippen LogP contribution in [0.2, 0.25) is 0 Å². The van der Waals surface area contributed by atoms with Crippen molar-refractivity contribution >= 4 is 11.9 Å². The summed E-state index contributed by atoms with van der Waals surface area (Å²) in [6.45, 7) is 4.13. The standard InChI is InChI=1S/C19H25NO5/c1-11-7-14(15(19(22)23)8-12(11)2)18(21)20-10-13-5-6-16(24-3)17(9-13)25-4/h5-6,9,14-15H,7-8,10H2,1-4H3,(H,20,21)(H,22,23)/p-1/t14-,15+/m1/s1. The van der Waals surface area contributed by atoms with Crippen LogP contribution in [0.1, 0.15) is 32.3 Å². The first-order valence-electron chi connectivity index (χ1n) is 8.22. The van der Waals surface area contributed by atoms with E-state index < -0.39 is 17.8 Å². The van der Waals surface area contributed by atoms with E-state index in [-0.39, 0.29) is 12.5 Å². The molecule has 1 aromatic rings. The number of hydrogen-bond donors (Lipinski definition) is 1. The molecular weight excluding hydrogens is 322 g/mol. The zero-order chi connectivity index (χ0) is 18.6. The highest BCUT2D eigenvalue weighted by Crippen LogP contribution is 2.34. The van der Waals surface area contributed by atoms with E-state index in [2.05, 4.69) is 5.32 Å². The number of aliphatic carboxylic acids is 1. The molecule has 1 N–H and O–H groups in total. The van der Waals surface area contributed by atoms with Crippen LogP contribution in [-0.4, -0.2) is 26.1 Å². The Morgan fingerprint density at radius 3 is 2.24 bits per heavy atom. The molecule has 2 rings (SSSR count). The molecule has 25 heavy (non-hydrogen) atoms. The molecule has 0 radical (unpaired) electrons. The van der Waals surface area contributed by atoms with Gasteiger partial charge in [-0.25, -0.2) is 0 Å². The molecule has 1 aromatic carbocycles. The quantitative estimate of drug-likeness (QED) is 0.788. The van der Waals surface area contributed by atoms with E-state index in [1.807, 2.05) is 19.9 Å². The smallest absolute Gasteiger partial charge is 0.224 e. The number of methoxy groups -OCH3 is 2. The minimum absolute atomic E-state index is 0.268. The van der Waals surface area contributed by atoms with Crippen LogP contribution in [0, 0.1) is 11.8 Å². The summed E-state index contributed by atoms with van der Waals surface area (Å²) in [7, 11) is 3.10. The largest absolute Gasteiger partial charge is 0.550 e. The number of nitrogens with one attached hydrogen (secondary N) is 1. The third kappa shape index (κ3) is 4.32. The lowest BCUT2D eigenvalue weighted by molar-refractivity contribution is -0.313. The first kappa shape index (κ1) is 18.8. The maximum absolute atomic E-state index is 12.5. The lowest BCUT2D eigenvalue weighted by Crippen LogP contribution is -2.44. The minimum atomic E-state index is -1.17. The zero-order valence-corrected chi connectivity index (χ0v) is 15.0. The monoisotopic (exact) mass is 346 g/mol. The van der Waals surface area contributed by atoms with Gasteiger partial charge < -0.3 is 24.7 Å². The first-order chi connectivity index (χ1) is 11.9. The summed E-state index contributed by atoms with van der Waals surface area (Å²) in [5.74, 6) is -1.64. The fourth-order valence-corrected chi connectivity index (χ4v) is 3.13. The van der Waals surface area contributed by atoms with Crippen molar-refractivity contribution < 1.29 is 24.2 Å². The lowest BCUT2D eigenvalue weighted by Gasteiger charge is -2.32. The SMILES string of the molecule is COc1ccc(CNC(=O)[C@@H]2CC(C)=C(C)C[C@@H]2C(=O)[O-])cc1OC. The molecule has 6 nitrogen and oxygen atoms in total. The molecule has 0 fully saturated rings. The molecule has 2 atom stereocenters. The second-order valence-electron chi connectivity index (χ2n) is 6.41. The van der Waals surface area contributed by atoms with E-state index in [4.69, 9.17) is 9.47 Å². The Labute approximate surface area is 147 Å². The van der Waals surface area contributed by atoms with E-state index in [0.717, 1.165) is 16.7 Å². The highest BCUT2D eigenvalue weighted by Gasteiger charge is 2.33. The Morgan fingerprint density at radius 2 is 1.68 bits per heavy atom. The average molecular weight is 346 g/mol. The molecule has 0 spiro atoms.